The largest absolute Gasteiger partial charge is 0.446 e. The summed E-state index contributed by atoms with van der Waals surface area (Å²) in [5.74, 6) is 1.11. The smallest absolute Gasteiger partial charge is 0.407 e. The molecule has 0 aliphatic heterocycles. The molecule has 0 aliphatic rings. The van der Waals surface area contributed by atoms with E-state index >= 15 is 0 Å². The third kappa shape index (κ3) is 7.00. The van der Waals surface area contributed by atoms with E-state index in [-0.39, 0.29) is 12.6 Å². The van der Waals surface area contributed by atoms with E-state index in [1.807, 2.05) is 30.3 Å². The number of nitrogens with zero attached hydrogens (tertiary/aromatic N) is 1. The van der Waals surface area contributed by atoms with Crippen molar-refractivity contribution in [1.29, 1.82) is 0 Å². The summed E-state index contributed by atoms with van der Waals surface area (Å²) in [5, 5.41) is 13.1. The predicted octanol–water partition coefficient (Wildman–Crippen LogP) is 4.63. The number of aryl methyl sites for hydroxylation is 1. The maximum Gasteiger partial charge on any atom is 0.407 e. The average molecular weight is 389 g/mol. The predicted molar refractivity (Wildman–Crippen MR) is 108 cm³/mol. The summed E-state index contributed by atoms with van der Waals surface area (Å²) in [6.07, 6.45) is 4.02. The third-order valence-corrected chi connectivity index (χ3v) is 4.53. The maximum absolute atomic E-state index is 12.3. The van der Waals surface area contributed by atoms with Gasteiger partial charge in [-0.2, -0.15) is 0 Å². The molecule has 1 aromatic carbocycles. The molecule has 0 radical (unpaired) electrons. The van der Waals surface area contributed by atoms with Crippen molar-refractivity contribution in [3.05, 3.63) is 53.2 Å². The average Bonchev–Trinajstić information content (AvgIpc) is 3.01. The second-order valence-electron chi connectivity index (χ2n) is 7.67. The minimum atomic E-state index is -1.06. The molecular formula is C22H32N2O4. The number of aromatic nitrogens is 1. The molecular weight excluding hydrogens is 356 g/mol. The lowest BCUT2D eigenvalue weighted by molar-refractivity contribution is 0.0728. The highest BCUT2D eigenvalue weighted by molar-refractivity contribution is 5.67. The van der Waals surface area contributed by atoms with Crippen LogP contribution in [0.3, 0.4) is 0 Å². The molecule has 1 aromatic heterocycles. The highest BCUT2D eigenvalue weighted by Crippen LogP contribution is 2.24. The van der Waals surface area contributed by atoms with E-state index < -0.39 is 11.7 Å². The van der Waals surface area contributed by atoms with Crippen LogP contribution < -0.4 is 5.32 Å². The number of carbonyl (C=O) groups excluding carboxylic acids is 1. The fourth-order valence-corrected chi connectivity index (χ4v) is 3.11. The number of hydrogen-bond donors (Lipinski definition) is 2. The van der Waals surface area contributed by atoms with Gasteiger partial charge in [-0.1, -0.05) is 56.5 Å². The summed E-state index contributed by atoms with van der Waals surface area (Å²) in [5.41, 5.74) is 0.408. The third-order valence-electron chi connectivity index (χ3n) is 4.53. The molecule has 1 amide bonds. The van der Waals surface area contributed by atoms with Crippen LogP contribution in [0.5, 0.6) is 0 Å². The Hall–Kier alpha value is -2.34. The zero-order valence-corrected chi connectivity index (χ0v) is 17.3. The molecule has 1 unspecified atom stereocenters. The SMILES string of the molecule is CCCCCC(Cc1nc(C(C)(C)O)c(C)o1)NC(=O)OCc1ccccc1. The van der Waals surface area contributed by atoms with Crippen molar-refractivity contribution in [2.24, 2.45) is 0 Å². The molecule has 6 nitrogen and oxygen atoms in total. The fraction of sp³-hybridized carbons (Fsp3) is 0.545. The highest BCUT2D eigenvalue weighted by Gasteiger charge is 2.26. The minimum Gasteiger partial charge on any atom is -0.446 e. The summed E-state index contributed by atoms with van der Waals surface area (Å²) < 4.78 is 11.1. The number of carbonyl (C=O) groups is 1. The van der Waals surface area contributed by atoms with Gasteiger partial charge < -0.3 is 19.6 Å². The van der Waals surface area contributed by atoms with Crippen molar-refractivity contribution in [2.45, 2.75) is 78.0 Å². The maximum atomic E-state index is 12.3. The molecule has 0 bridgehead atoms. The van der Waals surface area contributed by atoms with Crippen LogP contribution >= 0.6 is 0 Å². The molecule has 2 rings (SSSR count). The Morgan fingerprint density at radius 2 is 2.00 bits per heavy atom. The van der Waals surface area contributed by atoms with E-state index in [1.54, 1.807) is 20.8 Å². The number of unbranched alkanes of at least 4 members (excludes halogenated alkanes) is 2. The molecule has 1 atom stereocenters. The highest BCUT2D eigenvalue weighted by atomic mass is 16.5. The Labute approximate surface area is 167 Å². The van der Waals surface area contributed by atoms with Crippen molar-refractivity contribution < 1.29 is 19.1 Å². The molecule has 0 aliphatic carbocycles. The van der Waals surface area contributed by atoms with Gasteiger partial charge in [0.1, 0.15) is 23.7 Å². The summed E-state index contributed by atoms with van der Waals surface area (Å²) >= 11 is 0. The Kier molecular flexibility index (Phi) is 8.05. The number of nitrogens with one attached hydrogen (secondary N) is 1. The van der Waals surface area contributed by atoms with Gasteiger partial charge in [-0.15, -0.1) is 0 Å². The number of oxazole rings is 1. The summed E-state index contributed by atoms with van der Waals surface area (Å²) in [4.78, 5) is 16.7. The van der Waals surface area contributed by atoms with E-state index in [4.69, 9.17) is 9.15 Å². The van der Waals surface area contributed by atoms with Crippen molar-refractivity contribution in [3.63, 3.8) is 0 Å². The lowest BCUT2D eigenvalue weighted by Crippen LogP contribution is -2.37. The van der Waals surface area contributed by atoms with Gasteiger partial charge in [0.25, 0.3) is 0 Å². The monoisotopic (exact) mass is 388 g/mol. The van der Waals surface area contributed by atoms with Crippen LogP contribution in [0.15, 0.2) is 34.7 Å². The van der Waals surface area contributed by atoms with Crippen LogP contribution in [0.4, 0.5) is 4.79 Å². The van der Waals surface area contributed by atoms with Crippen molar-refractivity contribution in [2.75, 3.05) is 0 Å². The Bertz CT molecular complexity index is 735. The Morgan fingerprint density at radius 1 is 1.29 bits per heavy atom. The van der Waals surface area contributed by atoms with E-state index in [2.05, 4.69) is 17.2 Å². The summed E-state index contributed by atoms with van der Waals surface area (Å²) in [6.45, 7) is 7.52. The van der Waals surface area contributed by atoms with Crippen LogP contribution in [0, 0.1) is 6.92 Å². The molecule has 0 fully saturated rings. The zero-order chi connectivity index (χ0) is 20.6. The molecule has 0 saturated heterocycles. The molecule has 0 spiro atoms. The van der Waals surface area contributed by atoms with Gasteiger partial charge in [0, 0.05) is 12.5 Å². The fourth-order valence-electron chi connectivity index (χ4n) is 3.11. The molecule has 1 heterocycles. The van der Waals surface area contributed by atoms with Crippen LogP contribution in [0.25, 0.3) is 0 Å². The summed E-state index contributed by atoms with van der Waals surface area (Å²) in [6, 6.07) is 9.44. The molecule has 28 heavy (non-hydrogen) atoms. The van der Waals surface area contributed by atoms with E-state index in [9.17, 15) is 9.90 Å². The normalized spacial score (nSPS) is 12.6. The number of hydrogen-bond acceptors (Lipinski definition) is 5. The number of rotatable bonds is 10. The lowest BCUT2D eigenvalue weighted by atomic mass is 10.0. The van der Waals surface area contributed by atoms with Crippen LogP contribution in [0.2, 0.25) is 0 Å². The number of alkyl carbamates (subject to hydrolysis) is 1. The molecule has 154 valence electrons. The van der Waals surface area contributed by atoms with Crippen molar-refractivity contribution in [3.8, 4) is 0 Å². The summed E-state index contributed by atoms with van der Waals surface area (Å²) in [7, 11) is 0. The van der Waals surface area contributed by atoms with Crippen molar-refractivity contribution in [1.82, 2.24) is 10.3 Å². The Balaban J connectivity index is 1.97. The standard InChI is InChI=1S/C22H32N2O4/c1-5-6-8-13-18(14-19-24-20(16(2)28-19)22(3,4)26)23-21(25)27-15-17-11-9-7-10-12-17/h7,9-12,18,26H,5-6,8,13-15H2,1-4H3,(H,23,25). The minimum absolute atomic E-state index is 0.137. The van der Waals surface area contributed by atoms with Gasteiger partial charge in [0.05, 0.1) is 0 Å². The topological polar surface area (TPSA) is 84.6 Å². The number of benzene rings is 1. The first-order chi connectivity index (χ1) is 13.3. The second-order valence-corrected chi connectivity index (χ2v) is 7.67. The molecule has 2 N–H and O–H groups in total. The van der Waals surface area contributed by atoms with E-state index in [1.165, 1.54) is 0 Å². The van der Waals surface area contributed by atoms with Crippen molar-refractivity contribution >= 4 is 6.09 Å². The van der Waals surface area contributed by atoms with E-state index in [0.717, 1.165) is 31.2 Å². The van der Waals surface area contributed by atoms with Gasteiger partial charge in [-0.3, -0.25) is 0 Å². The van der Waals surface area contributed by atoms with Gasteiger partial charge in [0.15, 0.2) is 5.89 Å². The number of ether oxygens (including phenoxy) is 1. The molecule has 6 heteroatoms. The number of amides is 1. The zero-order valence-electron chi connectivity index (χ0n) is 17.3. The molecule has 0 saturated carbocycles. The first-order valence-electron chi connectivity index (χ1n) is 9.96. The van der Waals surface area contributed by atoms with Gasteiger partial charge in [-0.05, 0) is 32.8 Å². The van der Waals surface area contributed by atoms with E-state index in [0.29, 0.717) is 23.8 Å². The lowest BCUT2D eigenvalue weighted by Gasteiger charge is -2.17. The first-order valence-corrected chi connectivity index (χ1v) is 9.96. The van der Waals surface area contributed by atoms with Gasteiger partial charge in [-0.25, -0.2) is 9.78 Å². The van der Waals surface area contributed by atoms with Crippen LogP contribution in [-0.2, 0) is 23.4 Å². The first kappa shape index (κ1) is 22.0. The second kappa shape index (κ2) is 10.3. The quantitative estimate of drug-likeness (QED) is 0.580. The van der Waals surface area contributed by atoms with Gasteiger partial charge in [0.2, 0.25) is 0 Å². The van der Waals surface area contributed by atoms with Gasteiger partial charge >= 0.3 is 6.09 Å². The molecule has 2 aromatic rings. The van der Waals surface area contributed by atoms with Crippen LogP contribution in [-0.4, -0.2) is 22.2 Å². The number of aliphatic hydroxyl groups is 1. The van der Waals surface area contributed by atoms with Crippen LogP contribution in [0.1, 0.15) is 69.4 Å². The Morgan fingerprint density at radius 3 is 2.61 bits per heavy atom.